The number of hydrogen-bond acceptors (Lipinski definition) is 3. The molecule has 6 heteroatoms. The molecule has 23 heavy (non-hydrogen) atoms. The predicted octanol–water partition coefficient (Wildman–Crippen LogP) is 3.99. The van der Waals surface area contributed by atoms with Gasteiger partial charge in [0, 0.05) is 21.7 Å². The molecular formula is C17H14BrN5. The van der Waals surface area contributed by atoms with Gasteiger partial charge in [0.15, 0.2) is 0 Å². The smallest absolute Gasteiger partial charge is 0.148 e. The third kappa shape index (κ3) is 2.26. The van der Waals surface area contributed by atoms with Crippen molar-refractivity contribution >= 4 is 27.0 Å². The van der Waals surface area contributed by atoms with Crippen molar-refractivity contribution in [2.45, 2.75) is 13.8 Å². The molecule has 0 bridgehead atoms. The van der Waals surface area contributed by atoms with E-state index in [-0.39, 0.29) is 0 Å². The number of rotatable bonds is 2. The fourth-order valence-corrected chi connectivity index (χ4v) is 3.28. The normalized spacial score (nSPS) is 11.3. The minimum Gasteiger partial charge on any atom is -0.300 e. The zero-order chi connectivity index (χ0) is 16.0. The van der Waals surface area contributed by atoms with Crippen LogP contribution in [-0.2, 0) is 0 Å². The third-order valence-electron chi connectivity index (χ3n) is 3.84. The first-order valence-electron chi connectivity index (χ1n) is 7.27. The number of aryl methyl sites for hydroxylation is 2. The molecule has 0 saturated carbocycles. The molecule has 0 saturated heterocycles. The molecule has 0 fully saturated rings. The van der Waals surface area contributed by atoms with Crippen molar-refractivity contribution in [1.29, 1.82) is 0 Å². The molecule has 0 aliphatic rings. The van der Waals surface area contributed by atoms with Crippen LogP contribution in [0.4, 0.5) is 0 Å². The van der Waals surface area contributed by atoms with Crippen molar-refractivity contribution < 1.29 is 0 Å². The fourth-order valence-electron chi connectivity index (χ4n) is 2.76. The molecule has 4 aromatic rings. The quantitative estimate of drug-likeness (QED) is 0.538. The summed E-state index contributed by atoms with van der Waals surface area (Å²) in [5.41, 5.74) is 1.97. The molecule has 0 aliphatic heterocycles. The first kappa shape index (κ1) is 14.1. The van der Waals surface area contributed by atoms with Gasteiger partial charge in [-0.1, -0.05) is 18.2 Å². The number of nitrogens with zero attached hydrogens (tertiary/aromatic N) is 5. The molecule has 5 nitrogen and oxygen atoms in total. The van der Waals surface area contributed by atoms with Gasteiger partial charge in [0.05, 0.1) is 0 Å². The van der Waals surface area contributed by atoms with E-state index in [9.17, 15) is 0 Å². The van der Waals surface area contributed by atoms with Crippen LogP contribution in [0.15, 0.2) is 53.1 Å². The van der Waals surface area contributed by atoms with Crippen molar-refractivity contribution in [3.05, 3.63) is 64.8 Å². The van der Waals surface area contributed by atoms with Gasteiger partial charge in [-0.05, 0) is 54.0 Å². The Morgan fingerprint density at radius 2 is 1.61 bits per heavy atom. The van der Waals surface area contributed by atoms with Gasteiger partial charge in [-0.25, -0.2) is 4.98 Å². The fraction of sp³-hybridized carbons (Fsp3) is 0.118. The Labute approximate surface area is 141 Å². The Morgan fingerprint density at radius 3 is 2.30 bits per heavy atom. The SMILES string of the molecule is Cc1nnc(C)n1-c1ccc2c(Br)cn(-c3ccccc3)c2n1. The highest BCUT2D eigenvalue weighted by molar-refractivity contribution is 9.10. The molecule has 0 amide bonds. The van der Waals surface area contributed by atoms with Gasteiger partial charge in [0.1, 0.15) is 23.1 Å². The van der Waals surface area contributed by atoms with Gasteiger partial charge in [0.25, 0.3) is 0 Å². The number of para-hydroxylation sites is 1. The van der Waals surface area contributed by atoms with Crippen LogP contribution in [0.25, 0.3) is 22.5 Å². The minimum atomic E-state index is 0.820. The van der Waals surface area contributed by atoms with E-state index in [2.05, 4.69) is 48.9 Å². The molecule has 1 aromatic carbocycles. The second kappa shape index (κ2) is 5.31. The molecule has 0 unspecified atom stereocenters. The molecule has 114 valence electrons. The zero-order valence-corrected chi connectivity index (χ0v) is 14.3. The lowest BCUT2D eigenvalue weighted by molar-refractivity contribution is 0.900. The molecule has 0 aliphatic carbocycles. The van der Waals surface area contributed by atoms with Crippen LogP contribution in [0.5, 0.6) is 0 Å². The lowest BCUT2D eigenvalue weighted by atomic mass is 10.3. The molecule has 0 atom stereocenters. The van der Waals surface area contributed by atoms with E-state index in [1.54, 1.807) is 0 Å². The van der Waals surface area contributed by atoms with Crippen LogP contribution in [0.2, 0.25) is 0 Å². The van der Waals surface area contributed by atoms with Gasteiger partial charge in [-0.15, -0.1) is 10.2 Å². The topological polar surface area (TPSA) is 48.5 Å². The van der Waals surface area contributed by atoms with Crippen LogP contribution in [0.3, 0.4) is 0 Å². The monoisotopic (exact) mass is 367 g/mol. The van der Waals surface area contributed by atoms with Gasteiger partial charge in [-0.3, -0.25) is 4.57 Å². The standard InChI is InChI=1S/C17H14BrN5/c1-11-20-21-12(2)23(11)16-9-8-14-15(18)10-22(17(14)19-16)13-6-4-3-5-7-13/h3-10H,1-2H3. The van der Waals surface area contributed by atoms with Crippen molar-refractivity contribution in [3.8, 4) is 11.5 Å². The van der Waals surface area contributed by atoms with E-state index in [0.29, 0.717) is 0 Å². The summed E-state index contributed by atoms with van der Waals surface area (Å²) < 4.78 is 5.06. The number of benzene rings is 1. The highest BCUT2D eigenvalue weighted by atomic mass is 79.9. The maximum Gasteiger partial charge on any atom is 0.148 e. The van der Waals surface area contributed by atoms with Gasteiger partial charge < -0.3 is 4.57 Å². The average molecular weight is 368 g/mol. The number of fused-ring (bicyclic) bond motifs is 1. The Bertz CT molecular complexity index is 981. The lowest BCUT2D eigenvalue weighted by Gasteiger charge is -2.08. The van der Waals surface area contributed by atoms with Crippen LogP contribution in [0, 0.1) is 13.8 Å². The number of hydrogen-bond donors (Lipinski definition) is 0. The van der Waals surface area contributed by atoms with Crippen LogP contribution in [-0.4, -0.2) is 24.3 Å². The molecule has 0 N–H and O–H groups in total. The lowest BCUT2D eigenvalue weighted by Crippen LogP contribution is -2.03. The van der Waals surface area contributed by atoms with E-state index in [0.717, 1.165) is 38.7 Å². The van der Waals surface area contributed by atoms with E-state index in [1.165, 1.54) is 0 Å². The molecule has 3 aromatic heterocycles. The van der Waals surface area contributed by atoms with Crippen LogP contribution < -0.4 is 0 Å². The van der Waals surface area contributed by atoms with Crippen molar-refractivity contribution in [2.75, 3.05) is 0 Å². The number of aromatic nitrogens is 5. The van der Waals surface area contributed by atoms with E-state index >= 15 is 0 Å². The molecule has 3 heterocycles. The van der Waals surface area contributed by atoms with Crippen molar-refractivity contribution in [1.82, 2.24) is 24.3 Å². The van der Waals surface area contributed by atoms with Crippen molar-refractivity contribution in [2.24, 2.45) is 0 Å². The minimum absolute atomic E-state index is 0.820. The van der Waals surface area contributed by atoms with E-state index in [1.807, 2.05) is 48.9 Å². The Morgan fingerprint density at radius 1 is 0.913 bits per heavy atom. The predicted molar refractivity (Wildman–Crippen MR) is 93.2 cm³/mol. The molecule has 0 radical (unpaired) electrons. The Hall–Kier alpha value is -2.47. The first-order valence-corrected chi connectivity index (χ1v) is 8.06. The Balaban J connectivity index is 1.98. The summed E-state index contributed by atoms with van der Waals surface area (Å²) in [5, 5.41) is 9.30. The summed E-state index contributed by atoms with van der Waals surface area (Å²) in [7, 11) is 0. The second-order valence-corrected chi connectivity index (χ2v) is 6.21. The molecule has 0 spiro atoms. The zero-order valence-electron chi connectivity index (χ0n) is 12.7. The summed E-state index contributed by atoms with van der Waals surface area (Å²) >= 11 is 3.62. The van der Waals surface area contributed by atoms with Crippen molar-refractivity contribution in [3.63, 3.8) is 0 Å². The summed E-state index contributed by atoms with van der Waals surface area (Å²) in [6, 6.07) is 14.2. The Kier molecular flexibility index (Phi) is 3.27. The van der Waals surface area contributed by atoms with E-state index in [4.69, 9.17) is 4.98 Å². The summed E-state index contributed by atoms with van der Waals surface area (Å²) in [5.74, 6) is 2.47. The molecular weight excluding hydrogens is 354 g/mol. The summed E-state index contributed by atoms with van der Waals surface area (Å²) in [6.45, 7) is 3.86. The van der Waals surface area contributed by atoms with E-state index < -0.39 is 0 Å². The highest BCUT2D eigenvalue weighted by Gasteiger charge is 2.13. The maximum absolute atomic E-state index is 4.85. The summed E-state index contributed by atoms with van der Waals surface area (Å²) in [4.78, 5) is 4.85. The average Bonchev–Trinajstić information content (AvgIpc) is 3.08. The molecule has 4 rings (SSSR count). The number of halogens is 1. The number of pyridine rings is 1. The third-order valence-corrected chi connectivity index (χ3v) is 4.47. The second-order valence-electron chi connectivity index (χ2n) is 5.35. The van der Waals surface area contributed by atoms with Gasteiger partial charge in [-0.2, -0.15) is 0 Å². The van der Waals surface area contributed by atoms with Gasteiger partial charge >= 0.3 is 0 Å². The van der Waals surface area contributed by atoms with Crippen LogP contribution >= 0.6 is 15.9 Å². The largest absolute Gasteiger partial charge is 0.300 e. The first-order chi connectivity index (χ1) is 11.1. The maximum atomic E-state index is 4.85. The summed E-state index contributed by atoms with van der Waals surface area (Å²) in [6.07, 6.45) is 2.04. The van der Waals surface area contributed by atoms with Gasteiger partial charge in [0.2, 0.25) is 0 Å². The van der Waals surface area contributed by atoms with Crippen LogP contribution in [0.1, 0.15) is 11.6 Å². The highest BCUT2D eigenvalue weighted by Crippen LogP contribution is 2.28.